The van der Waals surface area contributed by atoms with Crippen LogP contribution in [0.25, 0.3) is 0 Å². The summed E-state index contributed by atoms with van der Waals surface area (Å²) in [6, 6.07) is 11.4. The molecule has 2 aromatic rings. The van der Waals surface area contributed by atoms with Crippen LogP contribution in [0.3, 0.4) is 0 Å². The van der Waals surface area contributed by atoms with Crippen LogP contribution in [0.2, 0.25) is 0 Å². The Labute approximate surface area is 177 Å². The summed E-state index contributed by atoms with van der Waals surface area (Å²) in [5.41, 5.74) is 5.50. The topological polar surface area (TPSA) is 85.9 Å². The molecule has 0 radical (unpaired) electrons. The van der Waals surface area contributed by atoms with Gasteiger partial charge in [-0.05, 0) is 54.8 Å². The average Bonchev–Trinajstić information content (AvgIpc) is 2.76. The molecule has 0 unspecified atom stereocenters. The molecule has 0 aromatic heterocycles. The molecule has 2 N–H and O–H groups in total. The van der Waals surface area contributed by atoms with Crippen LogP contribution >= 0.6 is 0 Å². The second-order valence-corrected chi connectivity index (χ2v) is 6.93. The van der Waals surface area contributed by atoms with Gasteiger partial charge in [-0.25, -0.2) is 0 Å². The Bertz CT molecular complexity index is 862. The normalized spacial score (nSPS) is 10.3. The first-order valence-electron chi connectivity index (χ1n) is 9.70. The molecule has 0 heterocycles. The highest BCUT2D eigenvalue weighted by Gasteiger charge is 2.13. The molecule has 7 nitrogen and oxygen atoms in total. The molecule has 2 rings (SSSR count). The predicted octanol–water partition coefficient (Wildman–Crippen LogP) is 3.76. The predicted molar refractivity (Wildman–Crippen MR) is 115 cm³/mol. The molecular formula is C23H28N2O5. The van der Waals surface area contributed by atoms with E-state index in [-0.39, 0.29) is 0 Å². The quantitative estimate of drug-likeness (QED) is 0.458. The number of nitrogens with one attached hydrogen (secondary N) is 2. The number of hydrazine groups is 1. The maximum Gasteiger partial charge on any atom is 0.269 e. The standard InChI is InChI=1S/C23H28N2O5/c1-5-13-29-19-9-6-17(7-10-19)22(26)24-25-23(27)18-8-11-20(21(15-18)28-4)30-14-12-16(2)3/h5-11,15-16H,1,12-14H2,2-4H3,(H,24,26)(H,25,27). The van der Waals surface area contributed by atoms with Crippen LogP contribution in [0.15, 0.2) is 55.1 Å². The third-order valence-corrected chi connectivity index (χ3v) is 4.15. The number of ether oxygens (including phenoxy) is 3. The van der Waals surface area contributed by atoms with Crippen molar-refractivity contribution in [2.24, 2.45) is 5.92 Å². The summed E-state index contributed by atoms with van der Waals surface area (Å²) in [5, 5.41) is 0. The Morgan fingerprint density at radius 3 is 2.20 bits per heavy atom. The molecule has 0 fully saturated rings. The lowest BCUT2D eigenvalue weighted by Crippen LogP contribution is -2.41. The molecule has 0 bridgehead atoms. The van der Waals surface area contributed by atoms with Gasteiger partial charge in [-0.1, -0.05) is 26.5 Å². The second kappa shape index (κ2) is 11.5. The lowest BCUT2D eigenvalue weighted by atomic mass is 10.1. The molecule has 0 saturated carbocycles. The Morgan fingerprint density at radius 2 is 1.60 bits per heavy atom. The van der Waals surface area contributed by atoms with Gasteiger partial charge in [0.15, 0.2) is 11.5 Å². The van der Waals surface area contributed by atoms with Gasteiger partial charge in [-0.3, -0.25) is 20.4 Å². The van der Waals surface area contributed by atoms with Crippen LogP contribution in [0, 0.1) is 5.92 Å². The van der Waals surface area contributed by atoms with Crippen LogP contribution in [0.5, 0.6) is 17.2 Å². The Balaban J connectivity index is 1.93. The smallest absolute Gasteiger partial charge is 0.269 e. The highest BCUT2D eigenvalue weighted by Crippen LogP contribution is 2.28. The molecule has 7 heteroatoms. The molecule has 0 aliphatic heterocycles. The zero-order valence-electron chi connectivity index (χ0n) is 17.6. The fourth-order valence-electron chi connectivity index (χ4n) is 2.45. The van der Waals surface area contributed by atoms with Gasteiger partial charge >= 0.3 is 0 Å². The average molecular weight is 412 g/mol. The van der Waals surface area contributed by atoms with E-state index in [1.807, 2.05) is 0 Å². The van der Waals surface area contributed by atoms with E-state index in [0.29, 0.717) is 47.5 Å². The van der Waals surface area contributed by atoms with Crippen molar-refractivity contribution < 1.29 is 23.8 Å². The molecule has 0 aliphatic carbocycles. The van der Waals surface area contributed by atoms with E-state index in [1.165, 1.54) is 7.11 Å². The summed E-state index contributed by atoms with van der Waals surface area (Å²) < 4.78 is 16.4. The van der Waals surface area contributed by atoms with E-state index >= 15 is 0 Å². The molecule has 160 valence electrons. The van der Waals surface area contributed by atoms with Crippen molar-refractivity contribution >= 4 is 11.8 Å². The van der Waals surface area contributed by atoms with E-state index in [1.54, 1.807) is 48.5 Å². The molecule has 0 aliphatic rings. The summed E-state index contributed by atoms with van der Waals surface area (Å²) in [5.74, 6) is 1.25. The van der Waals surface area contributed by atoms with Gasteiger partial charge in [0.1, 0.15) is 12.4 Å². The second-order valence-electron chi connectivity index (χ2n) is 6.93. The Hall–Kier alpha value is -3.48. The van der Waals surface area contributed by atoms with E-state index in [9.17, 15) is 9.59 Å². The van der Waals surface area contributed by atoms with E-state index < -0.39 is 11.8 Å². The van der Waals surface area contributed by atoms with Gasteiger partial charge in [-0.15, -0.1) is 0 Å². The minimum Gasteiger partial charge on any atom is -0.493 e. The van der Waals surface area contributed by atoms with Crippen molar-refractivity contribution in [3.63, 3.8) is 0 Å². The van der Waals surface area contributed by atoms with Gasteiger partial charge in [0.25, 0.3) is 11.8 Å². The van der Waals surface area contributed by atoms with E-state index in [4.69, 9.17) is 14.2 Å². The minimum atomic E-state index is -0.471. The highest BCUT2D eigenvalue weighted by atomic mass is 16.5. The van der Waals surface area contributed by atoms with Crippen molar-refractivity contribution in [3.05, 3.63) is 66.2 Å². The molecule has 2 amide bonds. The summed E-state index contributed by atoms with van der Waals surface area (Å²) >= 11 is 0. The first-order valence-corrected chi connectivity index (χ1v) is 9.70. The largest absolute Gasteiger partial charge is 0.493 e. The van der Waals surface area contributed by atoms with Crippen molar-refractivity contribution in [2.45, 2.75) is 20.3 Å². The van der Waals surface area contributed by atoms with Gasteiger partial charge < -0.3 is 14.2 Å². The minimum absolute atomic E-state index is 0.330. The van der Waals surface area contributed by atoms with E-state index in [2.05, 4.69) is 31.3 Å². The number of carbonyl (C=O) groups is 2. The molecule has 2 aromatic carbocycles. The number of methoxy groups -OCH3 is 1. The van der Waals surface area contributed by atoms with Crippen molar-refractivity contribution in [2.75, 3.05) is 20.3 Å². The third-order valence-electron chi connectivity index (χ3n) is 4.15. The zero-order valence-corrected chi connectivity index (χ0v) is 17.6. The summed E-state index contributed by atoms with van der Waals surface area (Å²) in [6.45, 7) is 8.76. The van der Waals surface area contributed by atoms with Crippen molar-refractivity contribution in [1.82, 2.24) is 10.9 Å². The lowest BCUT2D eigenvalue weighted by Gasteiger charge is -2.13. The third kappa shape index (κ3) is 6.84. The molecule has 30 heavy (non-hydrogen) atoms. The first kappa shape index (κ1) is 22.8. The SMILES string of the molecule is C=CCOc1ccc(C(=O)NNC(=O)c2ccc(OCCC(C)C)c(OC)c2)cc1. The van der Waals surface area contributed by atoms with Crippen LogP contribution in [-0.2, 0) is 0 Å². The van der Waals surface area contributed by atoms with Crippen LogP contribution in [-0.4, -0.2) is 32.1 Å². The summed E-state index contributed by atoms with van der Waals surface area (Å²) in [7, 11) is 1.51. The van der Waals surface area contributed by atoms with Gasteiger partial charge in [-0.2, -0.15) is 0 Å². The first-order chi connectivity index (χ1) is 14.4. The molecule has 0 atom stereocenters. The highest BCUT2D eigenvalue weighted by molar-refractivity contribution is 5.99. The van der Waals surface area contributed by atoms with Crippen molar-refractivity contribution in [1.29, 1.82) is 0 Å². The van der Waals surface area contributed by atoms with E-state index in [0.717, 1.165) is 6.42 Å². The number of amides is 2. The maximum absolute atomic E-state index is 12.4. The van der Waals surface area contributed by atoms with Crippen LogP contribution < -0.4 is 25.1 Å². The number of hydrogen-bond donors (Lipinski definition) is 2. The lowest BCUT2D eigenvalue weighted by molar-refractivity contribution is 0.0846. The Morgan fingerprint density at radius 1 is 0.967 bits per heavy atom. The zero-order chi connectivity index (χ0) is 21.9. The van der Waals surface area contributed by atoms with Gasteiger partial charge in [0.2, 0.25) is 0 Å². The van der Waals surface area contributed by atoms with Crippen molar-refractivity contribution in [3.8, 4) is 17.2 Å². The number of hydrogen-bond acceptors (Lipinski definition) is 5. The van der Waals surface area contributed by atoms with Gasteiger partial charge in [0.05, 0.1) is 13.7 Å². The molecule has 0 spiro atoms. The fourth-order valence-corrected chi connectivity index (χ4v) is 2.45. The summed E-state index contributed by atoms with van der Waals surface area (Å²) in [4.78, 5) is 24.6. The molecular weight excluding hydrogens is 384 g/mol. The maximum atomic E-state index is 12.4. The number of benzene rings is 2. The monoisotopic (exact) mass is 412 g/mol. The fraction of sp³-hybridized carbons (Fsp3) is 0.304. The van der Waals surface area contributed by atoms with Crippen LogP contribution in [0.1, 0.15) is 41.0 Å². The number of carbonyl (C=O) groups excluding carboxylic acids is 2. The summed E-state index contributed by atoms with van der Waals surface area (Å²) in [6.07, 6.45) is 2.55. The van der Waals surface area contributed by atoms with Gasteiger partial charge in [0, 0.05) is 11.1 Å². The molecule has 0 saturated heterocycles. The van der Waals surface area contributed by atoms with Crippen LogP contribution in [0.4, 0.5) is 0 Å². The number of rotatable bonds is 10. The Kier molecular flexibility index (Phi) is 8.75.